The second kappa shape index (κ2) is 5.90. The Bertz CT molecular complexity index is 801. The van der Waals surface area contributed by atoms with Crippen molar-refractivity contribution >= 4 is 11.6 Å². The highest BCUT2D eigenvalue weighted by Crippen LogP contribution is 2.59. The molecule has 2 fully saturated rings. The number of hydrogen-bond acceptors (Lipinski definition) is 2. The number of amides is 1. The summed E-state index contributed by atoms with van der Waals surface area (Å²) in [5.41, 5.74) is 3.85. The van der Waals surface area contributed by atoms with Crippen molar-refractivity contribution in [3.63, 3.8) is 0 Å². The highest BCUT2D eigenvalue weighted by Gasteiger charge is 2.62. The van der Waals surface area contributed by atoms with Crippen LogP contribution in [0, 0.1) is 24.7 Å². The van der Waals surface area contributed by atoms with E-state index in [9.17, 15) is 13.6 Å². The van der Waals surface area contributed by atoms with Gasteiger partial charge < -0.3 is 5.32 Å². The molecule has 1 heterocycles. The Morgan fingerprint density at radius 2 is 2.04 bits per heavy atom. The Kier molecular flexibility index (Phi) is 3.82. The monoisotopic (exact) mass is 342 g/mol. The van der Waals surface area contributed by atoms with Crippen molar-refractivity contribution in [1.82, 2.24) is 4.98 Å². The summed E-state index contributed by atoms with van der Waals surface area (Å²) in [7, 11) is 0. The molecule has 1 N–H and O–H groups in total. The average Bonchev–Trinajstić information content (AvgIpc) is 3.16. The summed E-state index contributed by atoms with van der Waals surface area (Å²) >= 11 is 0. The Morgan fingerprint density at radius 3 is 2.68 bits per heavy atom. The van der Waals surface area contributed by atoms with Gasteiger partial charge in [0.1, 0.15) is 0 Å². The molecule has 4 rings (SSSR count). The standard InChI is InChI=1S/C20H20F2N2O/c1-12-4-5-16(9-17(12)13-3-2-6-23-11-13)24-19(25)15-7-14(8-15)18-10-20(18,21)22/h2-6,9,11,14-15,18H,7-8,10H2,1H3,(H,24,25)/t14?,15?,18-/m1/s1. The highest BCUT2D eigenvalue weighted by molar-refractivity contribution is 5.94. The van der Waals surface area contributed by atoms with Crippen LogP contribution in [0.15, 0.2) is 42.7 Å². The topological polar surface area (TPSA) is 42.0 Å². The summed E-state index contributed by atoms with van der Waals surface area (Å²) in [4.78, 5) is 16.5. The predicted octanol–water partition coefficient (Wildman–Crippen LogP) is 4.68. The SMILES string of the molecule is Cc1ccc(NC(=O)C2CC([C@H]3CC3(F)F)C2)cc1-c1cccnc1. The lowest BCUT2D eigenvalue weighted by molar-refractivity contribution is -0.124. The van der Waals surface area contributed by atoms with Gasteiger partial charge in [-0.3, -0.25) is 9.78 Å². The van der Waals surface area contributed by atoms with E-state index in [1.807, 2.05) is 37.3 Å². The number of aromatic nitrogens is 1. The van der Waals surface area contributed by atoms with Crippen molar-refractivity contribution in [2.75, 3.05) is 5.32 Å². The molecule has 0 unspecified atom stereocenters. The lowest BCUT2D eigenvalue weighted by Gasteiger charge is -2.34. The molecule has 5 heteroatoms. The third-order valence-electron chi connectivity index (χ3n) is 5.47. The normalized spacial score (nSPS) is 26.6. The second-order valence-electron chi connectivity index (χ2n) is 7.26. The number of nitrogens with zero attached hydrogens (tertiary/aromatic N) is 1. The first-order chi connectivity index (χ1) is 11.9. The molecule has 2 aromatic rings. The Hall–Kier alpha value is -2.30. The van der Waals surface area contributed by atoms with E-state index in [1.165, 1.54) is 0 Å². The Balaban J connectivity index is 1.41. The van der Waals surface area contributed by atoms with E-state index in [0.717, 1.165) is 22.4 Å². The zero-order chi connectivity index (χ0) is 17.6. The van der Waals surface area contributed by atoms with E-state index in [2.05, 4.69) is 10.3 Å². The zero-order valence-corrected chi connectivity index (χ0v) is 14.0. The van der Waals surface area contributed by atoms with Crippen molar-refractivity contribution in [3.05, 3.63) is 48.3 Å². The van der Waals surface area contributed by atoms with Gasteiger partial charge in [0.05, 0.1) is 0 Å². The summed E-state index contributed by atoms with van der Waals surface area (Å²) in [6.45, 7) is 2.01. The first-order valence-corrected chi connectivity index (χ1v) is 8.64. The number of anilines is 1. The van der Waals surface area contributed by atoms with Gasteiger partial charge in [-0.25, -0.2) is 8.78 Å². The molecule has 0 radical (unpaired) electrons. The molecule has 2 aliphatic rings. The average molecular weight is 342 g/mol. The van der Waals surface area contributed by atoms with Crippen LogP contribution in [0.3, 0.4) is 0 Å². The van der Waals surface area contributed by atoms with Gasteiger partial charge in [-0.1, -0.05) is 12.1 Å². The molecular weight excluding hydrogens is 322 g/mol. The van der Waals surface area contributed by atoms with Crippen molar-refractivity contribution in [1.29, 1.82) is 0 Å². The van der Waals surface area contributed by atoms with E-state index in [0.29, 0.717) is 12.8 Å². The number of rotatable bonds is 4. The lowest BCUT2D eigenvalue weighted by Crippen LogP contribution is -2.36. The number of alkyl halides is 2. The van der Waals surface area contributed by atoms with E-state index in [4.69, 9.17) is 0 Å². The predicted molar refractivity (Wildman–Crippen MR) is 92.3 cm³/mol. The van der Waals surface area contributed by atoms with E-state index >= 15 is 0 Å². The largest absolute Gasteiger partial charge is 0.326 e. The first-order valence-electron chi connectivity index (χ1n) is 8.64. The van der Waals surface area contributed by atoms with Gasteiger partial charge in [-0.05, 0) is 55.0 Å². The van der Waals surface area contributed by atoms with Crippen molar-refractivity contribution < 1.29 is 13.6 Å². The summed E-state index contributed by atoms with van der Waals surface area (Å²) in [5.74, 6) is -3.18. The number of hydrogen-bond donors (Lipinski definition) is 1. The molecule has 1 atom stereocenters. The smallest absolute Gasteiger partial charge is 0.251 e. The molecule has 1 aromatic heterocycles. The molecular formula is C20H20F2N2O. The number of benzene rings is 1. The van der Waals surface area contributed by atoms with Crippen LogP contribution in [0.2, 0.25) is 0 Å². The number of aryl methyl sites for hydroxylation is 1. The Labute approximate surface area is 145 Å². The zero-order valence-electron chi connectivity index (χ0n) is 14.0. The highest BCUT2D eigenvalue weighted by atomic mass is 19.3. The Morgan fingerprint density at radius 1 is 1.28 bits per heavy atom. The molecule has 1 aromatic carbocycles. The van der Waals surface area contributed by atoms with E-state index < -0.39 is 11.8 Å². The van der Waals surface area contributed by atoms with Crippen LogP contribution in [-0.4, -0.2) is 16.8 Å². The van der Waals surface area contributed by atoms with Crippen LogP contribution in [-0.2, 0) is 4.79 Å². The van der Waals surface area contributed by atoms with Gasteiger partial charge in [0.15, 0.2) is 0 Å². The number of pyridine rings is 1. The molecule has 0 spiro atoms. The third kappa shape index (κ3) is 3.15. The third-order valence-corrected chi connectivity index (χ3v) is 5.47. The first kappa shape index (κ1) is 16.2. The van der Waals surface area contributed by atoms with Crippen LogP contribution >= 0.6 is 0 Å². The van der Waals surface area contributed by atoms with Gasteiger partial charge in [0, 0.05) is 41.9 Å². The van der Waals surface area contributed by atoms with Crippen molar-refractivity contribution in [3.8, 4) is 11.1 Å². The van der Waals surface area contributed by atoms with Crippen LogP contribution in [0.1, 0.15) is 24.8 Å². The summed E-state index contributed by atoms with van der Waals surface area (Å²) in [6.07, 6.45) is 4.67. The number of halogens is 2. The van der Waals surface area contributed by atoms with Gasteiger partial charge in [0.2, 0.25) is 5.91 Å². The van der Waals surface area contributed by atoms with E-state index in [-0.39, 0.29) is 24.2 Å². The van der Waals surface area contributed by atoms with Crippen molar-refractivity contribution in [2.24, 2.45) is 17.8 Å². The van der Waals surface area contributed by atoms with Gasteiger partial charge in [-0.15, -0.1) is 0 Å². The molecule has 3 nitrogen and oxygen atoms in total. The molecule has 0 aliphatic heterocycles. The molecule has 0 bridgehead atoms. The van der Waals surface area contributed by atoms with Crippen molar-refractivity contribution in [2.45, 2.75) is 32.1 Å². The fourth-order valence-corrected chi connectivity index (χ4v) is 3.73. The van der Waals surface area contributed by atoms with Gasteiger partial charge in [0.25, 0.3) is 5.92 Å². The molecule has 0 saturated heterocycles. The fourth-order valence-electron chi connectivity index (χ4n) is 3.73. The summed E-state index contributed by atoms with van der Waals surface area (Å²) in [5, 5.41) is 2.94. The molecule has 1 amide bonds. The van der Waals surface area contributed by atoms with E-state index in [1.54, 1.807) is 12.4 Å². The number of nitrogens with one attached hydrogen (secondary N) is 1. The number of carbonyl (C=O) groups is 1. The molecule has 2 saturated carbocycles. The van der Waals surface area contributed by atoms with Crippen LogP contribution < -0.4 is 5.32 Å². The molecule has 130 valence electrons. The van der Waals surface area contributed by atoms with Crippen LogP contribution in [0.5, 0.6) is 0 Å². The fraction of sp³-hybridized carbons (Fsp3) is 0.400. The maximum atomic E-state index is 13.1. The molecule has 2 aliphatic carbocycles. The van der Waals surface area contributed by atoms with Gasteiger partial charge >= 0.3 is 0 Å². The molecule has 25 heavy (non-hydrogen) atoms. The summed E-state index contributed by atoms with van der Waals surface area (Å²) in [6, 6.07) is 9.63. The quantitative estimate of drug-likeness (QED) is 0.877. The maximum absolute atomic E-state index is 13.1. The maximum Gasteiger partial charge on any atom is 0.251 e. The minimum Gasteiger partial charge on any atom is -0.326 e. The van der Waals surface area contributed by atoms with Crippen LogP contribution in [0.25, 0.3) is 11.1 Å². The summed E-state index contributed by atoms with van der Waals surface area (Å²) < 4.78 is 26.2. The minimum atomic E-state index is -2.48. The number of carbonyl (C=O) groups excluding carboxylic acids is 1. The van der Waals surface area contributed by atoms with Crippen LogP contribution in [0.4, 0.5) is 14.5 Å². The lowest BCUT2D eigenvalue weighted by atomic mass is 9.71. The second-order valence-corrected chi connectivity index (χ2v) is 7.26. The van der Waals surface area contributed by atoms with Gasteiger partial charge in [-0.2, -0.15) is 0 Å². The minimum absolute atomic E-state index is 0.00155.